The van der Waals surface area contributed by atoms with Gasteiger partial charge in [-0.2, -0.15) is 0 Å². The maximum atomic E-state index is 12.3. The van der Waals surface area contributed by atoms with Crippen LogP contribution in [0, 0.1) is 11.3 Å². The standard InChI is InChI=1S/C16H14BrClN2O/c17-12-4-9-6-14(19-8-10(9)5-13(12)18)20-15(21)11-7-16(11)2-1-3-16/h4-6,8,11H,1-3,7H2,(H,19,20,21)/t11-/m0/s1. The van der Waals surface area contributed by atoms with Crippen LogP contribution in [0.3, 0.4) is 0 Å². The lowest BCUT2D eigenvalue weighted by molar-refractivity contribution is -0.118. The summed E-state index contributed by atoms with van der Waals surface area (Å²) in [6.07, 6.45) is 6.49. The highest BCUT2D eigenvalue weighted by Crippen LogP contribution is 2.65. The summed E-state index contributed by atoms with van der Waals surface area (Å²) >= 11 is 9.49. The quantitative estimate of drug-likeness (QED) is 0.832. The highest BCUT2D eigenvalue weighted by atomic mass is 79.9. The third kappa shape index (κ3) is 2.25. The zero-order valence-electron chi connectivity index (χ0n) is 11.3. The monoisotopic (exact) mass is 364 g/mol. The van der Waals surface area contributed by atoms with Crippen LogP contribution in [0.5, 0.6) is 0 Å². The van der Waals surface area contributed by atoms with E-state index in [1.54, 1.807) is 6.20 Å². The van der Waals surface area contributed by atoms with Gasteiger partial charge in [0.15, 0.2) is 0 Å². The summed E-state index contributed by atoms with van der Waals surface area (Å²) in [5, 5.41) is 5.58. The fourth-order valence-corrected chi connectivity index (χ4v) is 3.85. The van der Waals surface area contributed by atoms with Gasteiger partial charge in [0, 0.05) is 22.0 Å². The first-order valence-corrected chi connectivity index (χ1v) is 8.30. The van der Waals surface area contributed by atoms with Crippen molar-refractivity contribution in [2.45, 2.75) is 25.7 Å². The zero-order chi connectivity index (χ0) is 14.6. The van der Waals surface area contributed by atoms with Crippen molar-refractivity contribution in [3.8, 4) is 0 Å². The number of benzene rings is 1. The van der Waals surface area contributed by atoms with Gasteiger partial charge in [0.2, 0.25) is 5.91 Å². The Kier molecular flexibility index (Phi) is 3.02. The number of hydrogen-bond donors (Lipinski definition) is 1. The molecule has 1 heterocycles. The van der Waals surface area contributed by atoms with Gasteiger partial charge in [-0.15, -0.1) is 0 Å². The number of pyridine rings is 1. The Balaban J connectivity index is 1.56. The molecule has 0 aliphatic heterocycles. The van der Waals surface area contributed by atoms with Gasteiger partial charge < -0.3 is 5.32 Å². The average Bonchev–Trinajstić information content (AvgIpc) is 3.16. The van der Waals surface area contributed by atoms with E-state index in [2.05, 4.69) is 26.2 Å². The Morgan fingerprint density at radius 2 is 2.14 bits per heavy atom. The Morgan fingerprint density at radius 1 is 1.33 bits per heavy atom. The number of nitrogens with zero attached hydrogens (tertiary/aromatic N) is 1. The third-order valence-corrected chi connectivity index (χ3v) is 6.06. The molecule has 0 saturated heterocycles. The molecule has 1 amide bonds. The molecule has 2 saturated carbocycles. The predicted octanol–water partition coefficient (Wildman–Crippen LogP) is 4.78. The van der Waals surface area contributed by atoms with E-state index in [9.17, 15) is 4.79 Å². The van der Waals surface area contributed by atoms with Crippen LogP contribution in [-0.4, -0.2) is 10.9 Å². The molecule has 1 aromatic carbocycles. The Morgan fingerprint density at radius 3 is 2.81 bits per heavy atom. The van der Waals surface area contributed by atoms with Crippen molar-refractivity contribution in [2.75, 3.05) is 5.32 Å². The molecule has 1 N–H and O–H groups in total. The fourth-order valence-electron chi connectivity index (χ4n) is 3.32. The summed E-state index contributed by atoms with van der Waals surface area (Å²) in [5.74, 6) is 0.929. The molecule has 1 aromatic heterocycles. The van der Waals surface area contributed by atoms with E-state index in [4.69, 9.17) is 11.6 Å². The molecule has 0 bridgehead atoms. The van der Waals surface area contributed by atoms with Crippen molar-refractivity contribution >= 4 is 50.0 Å². The van der Waals surface area contributed by atoms with Crippen LogP contribution >= 0.6 is 27.5 Å². The van der Waals surface area contributed by atoms with Crippen molar-refractivity contribution in [3.63, 3.8) is 0 Å². The molecule has 2 aliphatic carbocycles. The molecule has 2 fully saturated rings. The van der Waals surface area contributed by atoms with Gasteiger partial charge in [0.25, 0.3) is 0 Å². The molecule has 5 heteroatoms. The number of carbonyl (C=O) groups excluding carboxylic acids is 1. The van der Waals surface area contributed by atoms with Crippen LogP contribution in [0.1, 0.15) is 25.7 Å². The van der Waals surface area contributed by atoms with Gasteiger partial charge in [-0.05, 0) is 64.2 Å². The number of fused-ring (bicyclic) bond motifs is 1. The lowest BCUT2D eigenvalue weighted by Gasteiger charge is -2.26. The molecule has 1 spiro atoms. The number of hydrogen-bond acceptors (Lipinski definition) is 2. The van der Waals surface area contributed by atoms with Crippen molar-refractivity contribution in [1.82, 2.24) is 4.98 Å². The van der Waals surface area contributed by atoms with Gasteiger partial charge in [-0.3, -0.25) is 4.79 Å². The summed E-state index contributed by atoms with van der Waals surface area (Å²) in [7, 11) is 0. The van der Waals surface area contributed by atoms with Gasteiger partial charge in [0.1, 0.15) is 5.82 Å². The number of amides is 1. The van der Waals surface area contributed by atoms with E-state index in [-0.39, 0.29) is 11.8 Å². The number of carbonyl (C=O) groups is 1. The second kappa shape index (κ2) is 4.68. The number of aromatic nitrogens is 1. The lowest BCUT2D eigenvalue weighted by atomic mass is 9.80. The molecule has 0 unspecified atom stereocenters. The van der Waals surface area contributed by atoms with Crippen LogP contribution < -0.4 is 5.32 Å². The molecule has 0 radical (unpaired) electrons. The van der Waals surface area contributed by atoms with Crippen LogP contribution in [-0.2, 0) is 4.79 Å². The molecule has 2 aromatic rings. The van der Waals surface area contributed by atoms with Gasteiger partial charge in [-0.25, -0.2) is 4.98 Å². The SMILES string of the molecule is O=C(Nc1cc2cc(Br)c(Cl)cc2cn1)[C@@H]1CC12CCC2. The predicted molar refractivity (Wildman–Crippen MR) is 87.5 cm³/mol. The molecule has 3 nitrogen and oxygen atoms in total. The van der Waals surface area contributed by atoms with Crippen LogP contribution in [0.2, 0.25) is 5.02 Å². The van der Waals surface area contributed by atoms with E-state index in [0.29, 0.717) is 16.3 Å². The largest absolute Gasteiger partial charge is 0.310 e. The number of nitrogens with one attached hydrogen (secondary N) is 1. The minimum absolute atomic E-state index is 0.120. The highest BCUT2D eigenvalue weighted by Gasteiger charge is 2.60. The smallest absolute Gasteiger partial charge is 0.229 e. The van der Waals surface area contributed by atoms with E-state index in [1.165, 1.54) is 19.3 Å². The minimum Gasteiger partial charge on any atom is -0.310 e. The molecule has 1 atom stereocenters. The van der Waals surface area contributed by atoms with Crippen molar-refractivity contribution in [3.05, 3.63) is 33.9 Å². The molecular weight excluding hydrogens is 352 g/mol. The number of halogens is 2. The second-order valence-corrected chi connectivity index (χ2v) is 7.41. The topological polar surface area (TPSA) is 42.0 Å². The molecule has 21 heavy (non-hydrogen) atoms. The van der Waals surface area contributed by atoms with Crippen molar-refractivity contribution < 1.29 is 4.79 Å². The third-order valence-electron chi connectivity index (χ3n) is 4.87. The molecule has 4 rings (SSSR count). The fraction of sp³-hybridized carbons (Fsp3) is 0.375. The summed E-state index contributed by atoms with van der Waals surface area (Å²) in [6.45, 7) is 0. The normalized spacial score (nSPS) is 22.1. The lowest BCUT2D eigenvalue weighted by Crippen LogP contribution is -2.23. The molecule has 108 valence electrons. The first-order chi connectivity index (χ1) is 10.1. The molecular formula is C16H14BrClN2O. The molecule has 2 aliphatic rings. The van der Waals surface area contributed by atoms with Gasteiger partial charge >= 0.3 is 0 Å². The Bertz CT molecular complexity index is 757. The summed E-state index contributed by atoms with van der Waals surface area (Å²) in [5.41, 5.74) is 0.345. The van der Waals surface area contributed by atoms with E-state index >= 15 is 0 Å². The summed E-state index contributed by atoms with van der Waals surface area (Å²) in [6, 6.07) is 5.70. The number of anilines is 1. The van der Waals surface area contributed by atoms with E-state index in [1.807, 2.05) is 18.2 Å². The second-order valence-electron chi connectivity index (χ2n) is 6.14. The van der Waals surface area contributed by atoms with Crippen LogP contribution in [0.4, 0.5) is 5.82 Å². The summed E-state index contributed by atoms with van der Waals surface area (Å²) < 4.78 is 0.843. The highest BCUT2D eigenvalue weighted by molar-refractivity contribution is 9.10. The minimum atomic E-state index is 0.120. The van der Waals surface area contributed by atoms with E-state index < -0.39 is 0 Å². The van der Waals surface area contributed by atoms with Crippen molar-refractivity contribution in [2.24, 2.45) is 11.3 Å². The number of rotatable bonds is 2. The van der Waals surface area contributed by atoms with Gasteiger partial charge in [-0.1, -0.05) is 18.0 Å². The first kappa shape index (κ1) is 13.5. The average molecular weight is 366 g/mol. The Hall–Kier alpha value is -1.13. The zero-order valence-corrected chi connectivity index (χ0v) is 13.7. The maximum Gasteiger partial charge on any atom is 0.229 e. The van der Waals surface area contributed by atoms with E-state index in [0.717, 1.165) is 21.7 Å². The summed E-state index contributed by atoms with van der Waals surface area (Å²) in [4.78, 5) is 16.6. The van der Waals surface area contributed by atoms with Crippen LogP contribution in [0.15, 0.2) is 28.9 Å². The van der Waals surface area contributed by atoms with Gasteiger partial charge in [0.05, 0.1) is 5.02 Å². The Labute approximate surface area is 136 Å². The van der Waals surface area contributed by atoms with Crippen LogP contribution in [0.25, 0.3) is 10.8 Å². The first-order valence-electron chi connectivity index (χ1n) is 7.13. The maximum absolute atomic E-state index is 12.3. The van der Waals surface area contributed by atoms with Crippen molar-refractivity contribution in [1.29, 1.82) is 0 Å².